The molecule has 0 amide bonds. The highest BCUT2D eigenvalue weighted by molar-refractivity contribution is 5.56. The lowest BCUT2D eigenvalue weighted by molar-refractivity contribution is -0.127. The zero-order valence-corrected chi connectivity index (χ0v) is 22.5. The molecule has 1 atom stereocenters. The van der Waals surface area contributed by atoms with E-state index < -0.39 is 5.60 Å². The average Bonchev–Trinajstić information content (AvgIpc) is 3.36. The Hall–Kier alpha value is -2.65. The van der Waals surface area contributed by atoms with E-state index in [1.54, 1.807) is 12.4 Å². The summed E-state index contributed by atoms with van der Waals surface area (Å²) < 4.78 is 17.1. The molecule has 8 heteroatoms. The van der Waals surface area contributed by atoms with Crippen LogP contribution in [-0.2, 0) is 21.7 Å². The summed E-state index contributed by atoms with van der Waals surface area (Å²) in [6, 6.07) is 10.2. The fourth-order valence-electron chi connectivity index (χ4n) is 5.72. The van der Waals surface area contributed by atoms with Crippen molar-refractivity contribution in [3.63, 3.8) is 0 Å². The summed E-state index contributed by atoms with van der Waals surface area (Å²) in [7, 11) is 2.07. The molecule has 5 rings (SSSR count). The number of pyridine rings is 1. The Morgan fingerprint density at radius 1 is 1.08 bits per heavy atom. The highest BCUT2D eigenvalue weighted by Gasteiger charge is 2.55. The molecule has 1 aromatic carbocycles. The van der Waals surface area contributed by atoms with Gasteiger partial charge in [0.1, 0.15) is 12.2 Å². The molecule has 8 nitrogen and oxygen atoms in total. The number of hydrogen-bond donors (Lipinski definition) is 1. The third-order valence-corrected chi connectivity index (χ3v) is 8.08. The minimum Gasteiger partial charge on any atom is -0.381 e. The number of aliphatic hydroxyl groups is 1. The van der Waals surface area contributed by atoms with Gasteiger partial charge in [-0.05, 0) is 49.9 Å². The van der Waals surface area contributed by atoms with Crippen LogP contribution in [0, 0.1) is 5.41 Å². The van der Waals surface area contributed by atoms with Gasteiger partial charge in [0, 0.05) is 55.2 Å². The van der Waals surface area contributed by atoms with Gasteiger partial charge in [-0.25, -0.2) is 0 Å². The quantitative estimate of drug-likeness (QED) is 0.476. The van der Waals surface area contributed by atoms with E-state index >= 15 is 0 Å². The van der Waals surface area contributed by atoms with E-state index in [2.05, 4.69) is 66.9 Å². The molecule has 2 saturated heterocycles. The summed E-state index contributed by atoms with van der Waals surface area (Å²) in [5, 5.41) is 16.6. The van der Waals surface area contributed by atoms with Crippen LogP contribution < -0.4 is 0 Å². The Morgan fingerprint density at radius 2 is 1.78 bits per heavy atom. The predicted molar refractivity (Wildman–Crippen MR) is 140 cm³/mol. The van der Waals surface area contributed by atoms with E-state index in [9.17, 15) is 5.11 Å². The molecule has 0 bridgehead atoms. The van der Waals surface area contributed by atoms with Crippen LogP contribution in [0.25, 0.3) is 11.4 Å². The lowest BCUT2D eigenvalue weighted by Gasteiger charge is -2.55. The number of nitrogens with zero attached hydrogens (tertiary/aromatic N) is 4. The van der Waals surface area contributed by atoms with Crippen molar-refractivity contribution < 1.29 is 19.1 Å². The first-order valence-corrected chi connectivity index (χ1v) is 13.1. The monoisotopic (exact) mass is 506 g/mol. The summed E-state index contributed by atoms with van der Waals surface area (Å²) in [5.74, 6) is 1.27. The van der Waals surface area contributed by atoms with Crippen LogP contribution in [-0.4, -0.2) is 64.1 Å². The molecule has 0 unspecified atom stereocenters. The molecule has 0 spiro atoms. The van der Waals surface area contributed by atoms with E-state index in [-0.39, 0.29) is 17.6 Å². The Bertz CT molecular complexity index is 1210. The Morgan fingerprint density at radius 3 is 2.43 bits per heavy atom. The van der Waals surface area contributed by atoms with Gasteiger partial charge in [-0.1, -0.05) is 50.2 Å². The topological polar surface area (TPSA) is 93.7 Å². The molecule has 2 aromatic heterocycles. The van der Waals surface area contributed by atoms with Crippen LogP contribution in [0.1, 0.15) is 69.0 Å². The van der Waals surface area contributed by atoms with Crippen LogP contribution in [0.3, 0.4) is 0 Å². The van der Waals surface area contributed by atoms with E-state index in [4.69, 9.17) is 14.0 Å². The second-order valence-electron chi connectivity index (χ2n) is 11.5. The standard InChI is InChI=1S/C29H38N4O4/c1-20(2)21-6-8-23(9-7-21)29(34,27(3)18-33(5)19-27)24-14-22(15-30-16-24)26-31-25(37-32-26)17-36-28(4)10-12-35-13-11-28/h6-9,14-16,20,34H,10-13,17-19H2,1-5H3/t29-/m0/s1. The molecule has 2 fully saturated rings. The fourth-order valence-corrected chi connectivity index (χ4v) is 5.72. The zero-order chi connectivity index (χ0) is 26.3. The van der Waals surface area contributed by atoms with Crippen molar-refractivity contribution in [1.29, 1.82) is 0 Å². The molecule has 198 valence electrons. The van der Waals surface area contributed by atoms with Gasteiger partial charge in [0.15, 0.2) is 0 Å². The van der Waals surface area contributed by atoms with Crippen molar-refractivity contribution in [3.05, 3.63) is 65.3 Å². The van der Waals surface area contributed by atoms with E-state index in [0.717, 1.165) is 37.1 Å². The second-order valence-corrected chi connectivity index (χ2v) is 11.5. The molecule has 4 heterocycles. The first-order valence-electron chi connectivity index (χ1n) is 13.1. The van der Waals surface area contributed by atoms with Crippen LogP contribution >= 0.6 is 0 Å². The number of ether oxygens (including phenoxy) is 2. The van der Waals surface area contributed by atoms with Crippen molar-refractivity contribution in [2.24, 2.45) is 5.41 Å². The smallest absolute Gasteiger partial charge is 0.252 e. The normalized spacial score (nSPS) is 20.9. The molecule has 0 saturated carbocycles. The van der Waals surface area contributed by atoms with Crippen molar-refractivity contribution in [2.75, 3.05) is 33.4 Å². The maximum Gasteiger partial charge on any atom is 0.252 e. The van der Waals surface area contributed by atoms with Crippen LogP contribution in [0.2, 0.25) is 0 Å². The van der Waals surface area contributed by atoms with Gasteiger partial charge in [0.05, 0.1) is 5.60 Å². The maximum atomic E-state index is 12.5. The average molecular weight is 507 g/mol. The summed E-state index contributed by atoms with van der Waals surface area (Å²) in [5.41, 5.74) is 1.65. The molecule has 0 aliphatic carbocycles. The van der Waals surface area contributed by atoms with Crippen molar-refractivity contribution in [1.82, 2.24) is 20.0 Å². The lowest BCUT2D eigenvalue weighted by Crippen LogP contribution is -2.63. The first kappa shape index (κ1) is 26.0. The molecule has 2 aliphatic heterocycles. The summed E-state index contributed by atoms with van der Waals surface area (Å²) in [4.78, 5) is 11.3. The first-order chi connectivity index (χ1) is 17.6. The van der Waals surface area contributed by atoms with Crippen molar-refractivity contribution in [2.45, 2.75) is 64.3 Å². The largest absolute Gasteiger partial charge is 0.381 e. The van der Waals surface area contributed by atoms with Gasteiger partial charge in [0.2, 0.25) is 5.82 Å². The van der Waals surface area contributed by atoms with E-state index in [1.165, 1.54) is 5.56 Å². The predicted octanol–water partition coefficient (Wildman–Crippen LogP) is 4.53. The third-order valence-electron chi connectivity index (χ3n) is 8.08. The van der Waals surface area contributed by atoms with Gasteiger partial charge in [-0.15, -0.1) is 0 Å². The van der Waals surface area contributed by atoms with E-state index in [1.807, 2.05) is 18.2 Å². The third kappa shape index (κ3) is 4.95. The molecule has 1 N–H and O–H groups in total. The number of rotatable bonds is 8. The van der Waals surface area contributed by atoms with Crippen LogP contribution in [0.5, 0.6) is 0 Å². The zero-order valence-electron chi connectivity index (χ0n) is 22.5. The second kappa shape index (κ2) is 9.91. The Labute approximate surface area is 219 Å². The number of likely N-dealkylation sites (tertiary alicyclic amines) is 1. The van der Waals surface area contributed by atoms with E-state index in [0.29, 0.717) is 36.4 Å². The summed E-state index contributed by atoms with van der Waals surface area (Å²) in [6.07, 6.45) is 5.13. The van der Waals surface area contributed by atoms with Crippen LogP contribution in [0.15, 0.2) is 47.2 Å². The Balaban J connectivity index is 1.43. The maximum absolute atomic E-state index is 12.5. The minimum atomic E-state index is -1.23. The van der Waals surface area contributed by atoms with Crippen molar-refractivity contribution >= 4 is 0 Å². The lowest BCUT2D eigenvalue weighted by atomic mass is 9.62. The summed E-state index contributed by atoms with van der Waals surface area (Å²) in [6.45, 7) is 11.7. The summed E-state index contributed by atoms with van der Waals surface area (Å²) >= 11 is 0. The molecule has 0 radical (unpaired) electrons. The minimum absolute atomic E-state index is 0.243. The van der Waals surface area contributed by atoms with Gasteiger partial charge in [0.25, 0.3) is 5.89 Å². The van der Waals surface area contributed by atoms with Gasteiger partial charge >= 0.3 is 0 Å². The van der Waals surface area contributed by atoms with Gasteiger partial charge < -0.3 is 24.0 Å². The van der Waals surface area contributed by atoms with Crippen molar-refractivity contribution in [3.8, 4) is 11.4 Å². The molecule has 37 heavy (non-hydrogen) atoms. The number of hydrogen-bond acceptors (Lipinski definition) is 8. The number of benzene rings is 1. The van der Waals surface area contributed by atoms with Gasteiger partial charge in [-0.2, -0.15) is 4.98 Å². The molecular formula is C29H38N4O4. The molecule has 2 aliphatic rings. The van der Waals surface area contributed by atoms with Crippen LogP contribution in [0.4, 0.5) is 0 Å². The Kier molecular flexibility index (Phi) is 6.96. The molecular weight excluding hydrogens is 468 g/mol. The fraction of sp³-hybridized carbons (Fsp3) is 0.552. The highest BCUT2D eigenvalue weighted by atomic mass is 16.5. The van der Waals surface area contributed by atoms with Gasteiger partial charge in [-0.3, -0.25) is 4.98 Å². The highest BCUT2D eigenvalue weighted by Crippen LogP contribution is 2.50. The SMILES string of the molecule is CC(C)c1ccc([C@](O)(c2cncc(-c3noc(COC4(C)CCOCC4)n3)c2)C2(C)CN(C)C2)cc1. The molecule has 3 aromatic rings. The number of aromatic nitrogens is 3.